The van der Waals surface area contributed by atoms with Crippen molar-refractivity contribution in [3.8, 4) is 0 Å². The van der Waals surface area contributed by atoms with Crippen LogP contribution in [0.5, 0.6) is 0 Å². The Kier molecular flexibility index (Phi) is 7.06. The van der Waals surface area contributed by atoms with Crippen molar-refractivity contribution in [1.82, 2.24) is 15.5 Å². The number of likely N-dealkylation sites (tertiary alicyclic amines) is 1. The van der Waals surface area contributed by atoms with Crippen molar-refractivity contribution < 1.29 is 9.59 Å². The molecule has 2 aliphatic rings. The van der Waals surface area contributed by atoms with Crippen LogP contribution < -0.4 is 10.6 Å². The molecule has 142 valence electrons. The lowest BCUT2D eigenvalue weighted by molar-refractivity contribution is -0.128. The summed E-state index contributed by atoms with van der Waals surface area (Å²) in [6, 6.07) is 8.46. The summed E-state index contributed by atoms with van der Waals surface area (Å²) < 4.78 is 0. The highest BCUT2D eigenvalue weighted by molar-refractivity contribution is 5.85. The number of amides is 2. The minimum atomic E-state index is -0.131. The van der Waals surface area contributed by atoms with Crippen LogP contribution in [0.2, 0.25) is 0 Å². The molecule has 1 saturated carbocycles. The van der Waals surface area contributed by atoms with Crippen molar-refractivity contribution in [2.75, 3.05) is 19.6 Å². The zero-order chi connectivity index (χ0) is 18.2. The van der Waals surface area contributed by atoms with Gasteiger partial charge in [-0.2, -0.15) is 0 Å². The lowest BCUT2D eigenvalue weighted by Gasteiger charge is -2.26. The van der Waals surface area contributed by atoms with Gasteiger partial charge >= 0.3 is 0 Å². The molecule has 0 aromatic heterocycles. The molecule has 2 fully saturated rings. The van der Waals surface area contributed by atoms with E-state index in [-0.39, 0.29) is 24.3 Å². The zero-order valence-electron chi connectivity index (χ0n) is 15.6. The summed E-state index contributed by atoms with van der Waals surface area (Å²) in [4.78, 5) is 26.4. The molecule has 1 aliphatic heterocycles. The topological polar surface area (TPSA) is 61.4 Å². The van der Waals surface area contributed by atoms with Crippen LogP contribution in [0.4, 0.5) is 0 Å². The predicted molar refractivity (Wildman–Crippen MR) is 102 cm³/mol. The fraction of sp³-hybridized carbons (Fsp3) is 0.619. The average Bonchev–Trinajstić information content (AvgIpc) is 3.21. The van der Waals surface area contributed by atoms with Crippen LogP contribution in [-0.2, 0) is 22.7 Å². The number of nitrogens with zero attached hydrogens (tertiary/aromatic N) is 1. The summed E-state index contributed by atoms with van der Waals surface area (Å²) in [5.41, 5.74) is 2.41. The quantitative estimate of drug-likeness (QED) is 0.788. The molecule has 3 rings (SSSR count). The van der Waals surface area contributed by atoms with Crippen molar-refractivity contribution in [1.29, 1.82) is 0 Å². The third-order valence-corrected chi connectivity index (χ3v) is 5.52. The standard InChI is InChI=1S/C21H31N3O2/c25-20(15-23-21(26)19-6-2-3-7-19)22-14-17-8-10-18(11-9-17)16-24-12-4-1-5-13-24/h8-11,19H,1-7,12-16H2,(H,22,25)(H,23,26). The number of nitrogens with one attached hydrogen (secondary N) is 2. The molecule has 5 heteroatoms. The Morgan fingerprint density at radius 3 is 2.23 bits per heavy atom. The summed E-state index contributed by atoms with van der Waals surface area (Å²) >= 11 is 0. The molecule has 1 aromatic rings. The normalized spacial score (nSPS) is 18.6. The Morgan fingerprint density at radius 1 is 0.885 bits per heavy atom. The van der Waals surface area contributed by atoms with Gasteiger partial charge in [0.1, 0.15) is 0 Å². The average molecular weight is 357 g/mol. The van der Waals surface area contributed by atoms with Crippen molar-refractivity contribution >= 4 is 11.8 Å². The number of carbonyl (C=O) groups is 2. The van der Waals surface area contributed by atoms with E-state index in [2.05, 4.69) is 39.8 Å². The monoisotopic (exact) mass is 357 g/mol. The fourth-order valence-corrected chi connectivity index (χ4v) is 3.90. The van der Waals surface area contributed by atoms with E-state index < -0.39 is 0 Å². The molecular weight excluding hydrogens is 326 g/mol. The third kappa shape index (κ3) is 5.84. The lowest BCUT2D eigenvalue weighted by atomic mass is 10.1. The molecule has 1 aliphatic carbocycles. The van der Waals surface area contributed by atoms with E-state index in [1.165, 1.54) is 37.9 Å². The van der Waals surface area contributed by atoms with Gasteiger partial charge in [-0.1, -0.05) is 43.5 Å². The van der Waals surface area contributed by atoms with Gasteiger partial charge in [-0.15, -0.1) is 0 Å². The Labute approximate surface area is 156 Å². The molecule has 1 heterocycles. The maximum Gasteiger partial charge on any atom is 0.239 e. The molecular formula is C21H31N3O2. The molecule has 26 heavy (non-hydrogen) atoms. The molecule has 0 bridgehead atoms. The van der Waals surface area contributed by atoms with Gasteiger partial charge in [0.15, 0.2) is 0 Å². The van der Waals surface area contributed by atoms with Gasteiger partial charge in [-0.05, 0) is 49.9 Å². The Hall–Kier alpha value is -1.88. The SMILES string of the molecule is O=C(CNC(=O)C1CCCC1)NCc1ccc(CN2CCCCC2)cc1. The maximum atomic E-state index is 11.9. The minimum Gasteiger partial charge on any atom is -0.350 e. The molecule has 2 N–H and O–H groups in total. The van der Waals surface area contributed by atoms with Gasteiger partial charge in [0.05, 0.1) is 6.54 Å². The van der Waals surface area contributed by atoms with Crippen LogP contribution in [0.15, 0.2) is 24.3 Å². The van der Waals surface area contributed by atoms with E-state index in [9.17, 15) is 9.59 Å². The van der Waals surface area contributed by atoms with E-state index in [1.54, 1.807) is 0 Å². The van der Waals surface area contributed by atoms with Gasteiger partial charge < -0.3 is 10.6 Å². The molecule has 0 radical (unpaired) electrons. The van der Waals surface area contributed by atoms with E-state index in [1.807, 2.05) is 0 Å². The molecule has 1 aromatic carbocycles. The van der Waals surface area contributed by atoms with Crippen LogP contribution in [0.3, 0.4) is 0 Å². The fourth-order valence-electron chi connectivity index (χ4n) is 3.90. The molecule has 0 atom stereocenters. The van der Waals surface area contributed by atoms with Crippen molar-refractivity contribution in [3.05, 3.63) is 35.4 Å². The second-order valence-electron chi connectivity index (χ2n) is 7.63. The molecule has 0 spiro atoms. The van der Waals surface area contributed by atoms with Gasteiger partial charge in [0.25, 0.3) is 0 Å². The third-order valence-electron chi connectivity index (χ3n) is 5.52. The zero-order valence-corrected chi connectivity index (χ0v) is 15.6. The predicted octanol–water partition coefficient (Wildman–Crippen LogP) is 2.60. The number of hydrogen-bond acceptors (Lipinski definition) is 3. The van der Waals surface area contributed by atoms with Gasteiger partial charge in [-0.25, -0.2) is 0 Å². The van der Waals surface area contributed by atoms with Gasteiger partial charge in [-0.3, -0.25) is 14.5 Å². The van der Waals surface area contributed by atoms with E-state index >= 15 is 0 Å². The number of piperidine rings is 1. The van der Waals surface area contributed by atoms with Gasteiger partial charge in [0.2, 0.25) is 11.8 Å². The summed E-state index contributed by atoms with van der Waals surface area (Å²) in [6.07, 6.45) is 8.13. The summed E-state index contributed by atoms with van der Waals surface area (Å²) in [5, 5.41) is 5.64. The Bertz CT molecular complexity index is 588. The summed E-state index contributed by atoms with van der Waals surface area (Å²) in [7, 11) is 0. The molecule has 5 nitrogen and oxygen atoms in total. The lowest BCUT2D eigenvalue weighted by Crippen LogP contribution is -2.38. The Balaban J connectivity index is 1.35. The number of hydrogen-bond donors (Lipinski definition) is 2. The van der Waals surface area contributed by atoms with E-state index in [0.717, 1.165) is 37.8 Å². The number of benzene rings is 1. The molecule has 2 amide bonds. The number of carbonyl (C=O) groups excluding carboxylic acids is 2. The largest absolute Gasteiger partial charge is 0.350 e. The smallest absolute Gasteiger partial charge is 0.239 e. The van der Waals surface area contributed by atoms with Crippen LogP contribution in [0.1, 0.15) is 56.1 Å². The first-order valence-electron chi connectivity index (χ1n) is 10.1. The van der Waals surface area contributed by atoms with E-state index in [4.69, 9.17) is 0 Å². The van der Waals surface area contributed by atoms with Crippen molar-refractivity contribution in [2.45, 2.75) is 58.0 Å². The molecule has 1 saturated heterocycles. The van der Waals surface area contributed by atoms with E-state index in [0.29, 0.717) is 6.54 Å². The van der Waals surface area contributed by atoms with Crippen LogP contribution in [-0.4, -0.2) is 36.3 Å². The van der Waals surface area contributed by atoms with Gasteiger partial charge in [0, 0.05) is 19.0 Å². The summed E-state index contributed by atoms with van der Waals surface area (Å²) in [6.45, 7) is 3.99. The first-order chi connectivity index (χ1) is 12.7. The van der Waals surface area contributed by atoms with Crippen molar-refractivity contribution in [3.63, 3.8) is 0 Å². The first kappa shape index (κ1) is 18.9. The second kappa shape index (κ2) is 9.72. The highest BCUT2D eigenvalue weighted by Gasteiger charge is 2.22. The maximum absolute atomic E-state index is 11.9. The molecule has 0 unspecified atom stereocenters. The van der Waals surface area contributed by atoms with Crippen molar-refractivity contribution in [2.24, 2.45) is 5.92 Å². The highest BCUT2D eigenvalue weighted by Crippen LogP contribution is 2.24. The second-order valence-corrected chi connectivity index (χ2v) is 7.63. The minimum absolute atomic E-state index is 0.0275. The van der Waals surface area contributed by atoms with Crippen LogP contribution in [0, 0.1) is 5.92 Å². The Morgan fingerprint density at radius 2 is 1.54 bits per heavy atom. The highest BCUT2D eigenvalue weighted by atomic mass is 16.2. The van der Waals surface area contributed by atoms with Crippen LogP contribution in [0.25, 0.3) is 0 Å². The number of rotatable bonds is 7. The van der Waals surface area contributed by atoms with Crippen LogP contribution >= 0.6 is 0 Å². The summed E-state index contributed by atoms with van der Waals surface area (Å²) in [5.74, 6) is 0.00343. The first-order valence-corrected chi connectivity index (χ1v) is 10.1.